The predicted molar refractivity (Wildman–Crippen MR) is 86.0 cm³/mol. The lowest BCUT2D eigenvalue weighted by Crippen LogP contribution is -2.09. The van der Waals surface area contributed by atoms with Gasteiger partial charge in [0.2, 0.25) is 0 Å². The summed E-state index contributed by atoms with van der Waals surface area (Å²) < 4.78 is 5.17. The molecule has 112 valence electrons. The molecule has 22 heavy (non-hydrogen) atoms. The minimum atomic E-state index is -0.0803. The molecule has 4 nitrogen and oxygen atoms in total. The Balaban J connectivity index is 2.32. The van der Waals surface area contributed by atoms with E-state index >= 15 is 0 Å². The third-order valence-corrected chi connectivity index (χ3v) is 4.67. The molecule has 1 aromatic heterocycles. The number of carbonyl (C=O) groups excluding carboxylic acids is 2. The number of thioether (sulfide) groups is 1. The van der Waals surface area contributed by atoms with Crippen molar-refractivity contribution >= 4 is 23.3 Å². The van der Waals surface area contributed by atoms with E-state index in [1.807, 2.05) is 31.2 Å². The Kier molecular flexibility index (Phi) is 3.74. The molecule has 1 aliphatic rings. The summed E-state index contributed by atoms with van der Waals surface area (Å²) in [4.78, 5) is 28.8. The molecule has 3 rings (SSSR count). The van der Waals surface area contributed by atoms with Crippen molar-refractivity contribution in [2.24, 2.45) is 0 Å². The number of hydrogen-bond donors (Lipinski definition) is 0. The molecule has 0 saturated carbocycles. The largest absolute Gasteiger partial charge is 0.497 e. The van der Waals surface area contributed by atoms with E-state index in [1.165, 1.54) is 18.7 Å². The van der Waals surface area contributed by atoms with Crippen LogP contribution in [0.25, 0.3) is 11.1 Å². The number of benzene rings is 1. The van der Waals surface area contributed by atoms with Crippen LogP contribution in [0.4, 0.5) is 0 Å². The molecule has 0 radical (unpaired) electrons. The van der Waals surface area contributed by atoms with Crippen LogP contribution in [0, 0.1) is 6.92 Å². The summed E-state index contributed by atoms with van der Waals surface area (Å²) in [7, 11) is 1.60. The van der Waals surface area contributed by atoms with Crippen molar-refractivity contribution < 1.29 is 14.3 Å². The molecule has 0 unspecified atom stereocenters. The highest BCUT2D eigenvalue weighted by atomic mass is 32.2. The van der Waals surface area contributed by atoms with Crippen molar-refractivity contribution in [2.75, 3.05) is 12.9 Å². The second-order valence-electron chi connectivity index (χ2n) is 5.12. The average molecular weight is 313 g/mol. The highest BCUT2D eigenvalue weighted by Crippen LogP contribution is 2.40. The molecule has 0 atom stereocenters. The van der Waals surface area contributed by atoms with Crippen molar-refractivity contribution in [3.05, 3.63) is 41.1 Å². The van der Waals surface area contributed by atoms with Crippen LogP contribution in [0.5, 0.6) is 5.75 Å². The number of Topliss-reactive ketones (excluding diaryl/α,β-unsaturated/α-hetero) is 2. The zero-order chi connectivity index (χ0) is 15.9. The first kappa shape index (κ1) is 14.8. The minimum Gasteiger partial charge on any atom is -0.497 e. The normalized spacial score (nSPS) is 13.1. The van der Waals surface area contributed by atoms with Gasteiger partial charge in [0, 0.05) is 11.1 Å². The molecule has 0 aliphatic carbocycles. The fraction of sp³-hybridized carbons (Fsp3) is 0.235. The number of methoxy groups -OCH3 is 1. The molecule has 0 amide bonds. The fourth-order valence-corrected chi connectivity index (χ4v) is 3.70. The number of hydrogen-bond acceptors (Lipinski definition) is 5. The first-order chi connectivity index (χ1) is 10.5. The molecule has 2 heterocycles. The first-order valence-electron chi connectivity index (χ1n) is 6.89. The van der Waals surface area contributed by atoms with E-state index in [2.05, 4.69) is 4.98 Å². The molecular weight excluding hydrogens is 298 g/mol. The Morgan fingerprint density at radius 1 is 1.23 bits per heavy atom. The molecule has 0 fully saturated rings. The van der Waals surface area contributed by atoms with Crippen LogP contribution in [0.3, 0.4) is 0 Å². The second kappa shape index (κ2) is 5.57. The lowest BCUT2D eigenvalue weighted by molar-refractivity contribution is 0.101. The summed E-state index contributed by atoms with van der Waals surface area (Å²) >= 11 is 1.43. The van der Waals surface area contributed by atoms with Crippen LogP contribution in [-0.2, 0) is 0 Å². The first-order valence-corrected chi connectivity index (χ1v) is 7.87. The molecule has 1 aliphatic heterocycles. The highest BCUT2D eigenvalue weighted by molar-refractivity contribution is 8.00. The molecule has 0 bridgehead atoms. The van der Waals surface area contributed by atoms with Gasteiger partial charge in [-0.15, -0.1) is 0 Å². The number of rotatable bonds is 3. The lowest BCUT2D eigenvalue weighted by Gasteiger charge is -2.14. The van der Waals surface area contributed by atoms with Crippen molar-refractivity contribution in [1.82, 2.24) is 4.98 Å². The maximum Gasteiger partial charge on any atom is 0.176 e. The quantitative estimate of drug-likeness (QED) is 0.811. The predicted octanol–water partition coefficient (Wildman–Crippen LogP) is 3.56. The van der Waals surface area contributed by atoms with Crippen LogP contribution in [-0.4, -0.2) is 29.4 Å². The van der Waals surface area contributed by atoms with Gasteiger partial charge in [-0.05, 0) is 31.5 Å². The van der Waals surface area contributed by atoms with Gasteiger partial charge in [0.15, 0.2) is 11.6 Å². The molecular formula is C17H15NO3S. The smallest absolute Gasteiger partial charge is 0.176 e. The van der Waals surface area contributed by atoms with Crippen LogP contribution in [0.15, 0.2) is 29.3 Å². The van der Waals surface area contributed by atoms with E-state index in [9.17, 15) is 9.59 Å². The van der Waals surface area contributed by atoms with E-state index in [1.54, 1.807) is 7.11 Å². The summed E-state index contributed by atoms with van der Waals surface area (Å²) in [6, 6.07) is 7.40. The van der Waals surface area contributed by atoms with Gasteiger partial charge < -0.3 is 4.74 Å². The van der Waals surface area contributed by atoms with E-state index < -0.39 is 0 Å². The van der Waals surface area contributed by atoms with E-state index in [0.717, 1.165) is 16.3 Å². The highest BCUT2D eigenvalue weighted by Gasteiger charge is 2.30. The maximum absolute atomic E-state index is 12.3. The zero-order valence-electron chi connectivity index (χ0n) is 12.6. The maximum atomic E-state index is 12.3. The van der Waals surface area contributed by atoms with Crippen LogP contribution in [0.1, 0.15) is 33.3 Å². The Morgan fingerprint density at radius 2 is 1.91 bits per heavy atom. The van der Waals surface area contributed by atoms with Crippen molar-refractivity contribution in [3.63, 3.8) is 0 Å². The van der Waals surface area contributed by atoms with Gasteiger partial charge in [-0.25, -0.2) is 4.98 Å². The second-order valence-corrected chi connectivity index (χ2v) is 6.09. The number of ketones is 2. The third-order valence-electron chi connectivity index (χ3n) is 3.69. The Labute approximate surface area is 132 Å². The van der Waals surface area contributed by atoms with Crippen molar-refractivity contribution in [3.8, 4) is 16.9 Å². The number of pyridine rings is 1. The van der Waals surface area contributed by atoms with Crippen LogP contribution >= 0.6 is 11.8 Å². The molecule has 0 saturated heterocycles. The summed E-state index contributed by atoms with van der Waals surface area (Å²) in [6.45, 7) is 3.32. The van der Waals surface area contributed by atoms with Crippen molar-refractivity contribution in [1.29, 1.82) is 0 Å². The van der Waals surface area contributed by atoms with Gasteiger partial charge >= 0.3 is 0 Å². The summed E-state index contributed by atoms with van der Waals surface area (Å²) in [5.41, 5.74) is 3.31. The Morgan fingerprint density at radius 3 is 2.50 bits per heavy atom. The van der Waals surface area contributed by atoms with E-state index in [0.29, 0.717) is 28.1 Å². The van der Waals surface area contributed by atoms with E-state index in [4.69, 9.17) is 4.74 Å². The molecule has 0 N–H and O–H groups in total. The van der Waals surface area contributed by atoms with Crippen molar-refractivity contribution in [2.45, 2.75) is 18.9 Å². The summed E-state index contributed by atoms with van der Waals surface area (Å²) in [5, 5.41) is 0.721. The van der Waals surface area contributed by atoms with Gasteiger partial charge in [0.1, 0.15) is 10.8 Å². The number of nitrogens with zero attached hydrogens (tertiary/aromatic N) is 1. The minimum absolute atomic E-state index is 0.0285. The Hall–Kier alpha value is -2.14. The molecule has 1 aromatic carbocycles. The van der Waals surface area contributed by atoms with Crippen LogP contribution in [0.2, 0.25) is 0 Å². The van der Waals surface area contributed by atoms with Gasteiger partial charge in [-0.3, -0.25) is 9.59 Å². The number of ether oxygens (including phenoxy) is 1. The molecule has 0 spiro atoms. The standard InChI is InChI=1S/C17H15NO3S/c1-9-14(10(2)19)15(11-4-6-12(21-3)7-5-11)16-13(20)8-22-17(16)18-9/h4-7H,8H2,1-3H3. The Bertz CT molecular complexity index is 778. The molecule has 2 aromatic rings. The number of aryl methyl sites for hydroxylation is 1. The monoisotopic (exact) mass is 313 g/mol. The topological polar surface area (TPSA) is 56.3 Å². The fourth-order valence-electron chi connectivity index (χ4n) is 2.72. The number of fused-ring (bicyclic) bond motifs is 1. The van der Waals surface area contributed by atoms with Gasteiger partial charge in [-0.1, -0.05) is 23.9 Å². The zero-order valence-corrected chi connectivity index (χ0v) is 13.4. The average Bonchev–Trinajstić information content (AvgIpc) is 2.86. The van der Waals surface area contributed by atoms with Gasteiger partial charge in [0.05, 0.1) is 24.1 Å². The number of carbonyl (C=O) groups is 2. The lowest BCUT2D eigenvalue weighted by atomic mass is 9.91. The SMILES string of the molecule is COc1ccc(-c2c(C(C)=O)c(C)nc3c2C(=O)CS3)cc1. The number of aromatic nitrogens is 1. The summed E-state index contributed by atoms with van der Waals surface area (Å²) in [5.74, 6) is 1.06. The molecule has 5 heteroatoms. The van der Waals surface area contributed by atoms with Gasteiger partial charge in [-0.2, -0.15) is 0 Å². The third kappa shape index (κ3) is 2.31. The van der Waals surface area contributed by atoms with Crippen LogP contribution < -0.4 is 4.74 Å². The van der Waals surface area contributed by atoms with Gasteiger partial charge in [0.25, 0.3) is 0 Å². The summed E-state index contributed by atoms with van der Waals surface area (Å²) in [6.07, 6.45) is 0. The van der Waals surface area contributed by atoms with E-state index in [-0.39, 0.29) is 11.6 Å².